The molecule has 0 aromatic heterocycles. The lowest BCUT2D eigenvalue weighted by Gasteiger charge is -2.31. The molecule has 3 aromatic carbocycles. The lowest BCUT2D eigenvalue weighted by Crippen LogP contribution is -2.37. The summed E-state index contributed by atoms with van der Waals surface area (Å²) in [6.45, 7) is 2.28. The van der Waals surface area contributed by atoms with E-state index < -0.39 is 11.9 Å². The second-order valence-electron chi connectivity index (χ2n) is 9.05. The van der Waals surface area contributed by atoms with Crippen molar-refractivity contribution in [1.29, 1.82) is 0 Å². The fourth-order valence-corrected chi connectivity index (χ4v) is 5.13. The zero-order chi connectivity index (χ0) is 24.7. The molecule has 3 amide bonds. The van der Waals surface area contributed by atoms with Gasteiger partial charge in [-0.05, 0) is 60.0 Å². The first kappa shape index (κ1) is 22.8. The summed E-state index contributed by atoms with van der Waals surface area (Å²) in [4.78, 5) is 42.2. The van der Waals surface area contributed by atoms with E-state index in [-0.39, 0.29) is 36.6 Å². The van der Waals surface area contributed by atoms with Crippen LogP contribution < -0.4 is 4.74 Å². The van der Waals surface area contributed by atoms with Gasteiger partial charge in [0.05, 0.1) is 24.3 Å². The molecule has 0 spiro atoms. The van der Waals surface area contributed by atoms with Crippen LogP contribution in [0, 0.1) is 18.7 Å². The lowest BCUT2D eigenvalue weighted by atomic mass is 9.90. The maximum Gasteiger partial charge on any atom is 0.261 e. The van der Waals surface area contributed by atoms with Gasteiger partial charge in [0.1, 0.15) is 11.6 Å². The topological polar surface area (TPSA) is 66.9 Å². The molecule has 1 fully saturated rings. The van der Waals surface area contributed by atoms with E-state index >= 15 is 0 Å². The molecule has 2 heterocycles. The van der Waals surface area contributed by atoms with Crippen LogP contribution in [0.3, 0.4) is 0 Å². The Morgan fingerprint density at radius 1 is 0.943 bits per heavy atom. The molecule has 35 heavy (non-hydrogen) atoms. The van der Waals surface area contributed by atoms with Gasteiger partial charge in [-0.1, -0.05) is 30.3 Å². The maximum absolute atomic E-state index is 14.3. The number of likely N-dealkylation sites (tertiary alicyclic amines) is 1. The largest absolute Gasteiger partial charge is 0.497 e. The minimum absolute atomic E-state index is 0.0812. The van der Waals surface area contributed by atoms with Gasteiger partial charge in [0.15, 0.2) is 0 Å². The number of hydrogen-bond donors (Lipinski definition) is 0. The van der Waals surface area contributed by atoms with Gasteiger partial charge >= 0.3 is 0 Å². The highest BCUT2D eigenvalue weighted by Crippen LogP contribution is 2.42. The Kier molecular flexibility index (Phi) is 5.84. The molecule has 2 aliphatic rings. The van der Waals surface area contributed by atoms with Gasteiger partial charge in [-0.25, -0.2) is 4.39 Å². The third-order valence-electron chi connectivity index (χ3n) is 6.91. The summed E-state index contributed by atoms with van der Waals surface area (Å²) >= 11 is 0. The van der Waals surface area contributed by atoms with E-state index in [0.29, 0.717) is 29.0 Å². The highest BCUT2D eigenvalue weighted by atomic mass is 19.1. The summed E-state index contributed by atoms with van der Waals surface area (Å²) in [5.41, 5.74) is 3.18. The molecule has 3 aromatic rings. The molecule has 6 nitrogen and oxygen atoms in total. The van der Waals surface area contributed by atoms with E-state index in [9.17, 15) is 18.8 Å². The smallest absolute Gasteiger partial charge is 0.261 e. The number of hydrogen-bond acceptors (Lipinski definition) is 4. The number of aryl methyl sites for hydroxylation is 1. The molecule has 0 N–H and O–H groups in total. The maximum atomic E-state index is 14.3. The van der Waals surface area contributed by atoms with E-state index in [1.54, 1.807) is 42.3 Å². The zero-order valence-corrected chi connectivity index (χ0v) is 19.5. The van der Waals surface area contributed by atoms with Crippen molar-refractivity contribution in [2.75, 3.05) is 13.7 Å². The van der Waals surface area contributed by atoms with Crippen molar-refractivity contribution in [1.82, 2.24) is 9.80 Å². The number of carbonyl (C=O) groups is 3. The molecule has 0 bridgehead atoms. The van der Waals surface area contributed by atoms with Crippen molar-refractivity contribution in [3.05, 3.63) is 100 Å². The van der Waals surface area contributed by atoms with E-state index in [1.165, 1.54) is 17.0 Å². The second-order valence-corrected chi connectivity index (χ2v) is 9.05. The normalized spacial score (nSPS) is 19.5. The predicted octanol–water partition coefficient (Wildman–Crippen LogP) is 4.53. The van der Waals surface area contributed by atoms with E-state index in [0.717, 1.165) is 11.1 Å². The second kappa shape index (κ2) is 8.98. The van der Waals surface area contributed by atoms with Crippen molar-refractivity contribution >= 4 is 17.7 Å². The van der Waals surface area contributed by atoms with Crippen LogP contribution >= 0.6 is 0 Å². The SMILES string of the molecule is COc1ccc(CN2C(=O)C[C@@H](CN3C(=O)c4ccccc4C3=O)[C@@H]2c2cc(F)ccc2C)cc1. The molecule has 0 radical (unpaired) electrons. The summed E-state index contributed by atoms with van der Waals surface area (Å²) in [6, 6.07) is 18.2. The number of benzene rings is 3. The Morgan fingerprint density at radius 2 is 1.60 bits per heavy atom. The number of halogens is 1. The molecule has 5 rings (SSSR count). The number of rotatable bonds is 6. The quantitative estimate of drug-likeness (QED) is 0.495. The monoisotopic (exact) mass is 472 g/mol. The van der Waals surface area contributed by atoms with Crippen molar-refractivity contribution in [3.63, 3.8) is 0 Å². The summed E-state index contributed by atoms with van der Waals surface area (Å²) in [6.07, 6.45) is 0.157. The number of nitrogens with zero attached hydrogens (tertiary/aromatic N) is 2. The zero-order valence-electron chi connectivity index (χ0n) is 19.5. The van der Waals surface area contributed by atoms with Crippen LogP contribution in [0.25, 0.3) is 0 Å². The van der Waals surface area contributed by atoms with E-state index in [2.05, 4.69) is 0 Å². The van der Waals surface area contributed by atoms with Crippen LogP contribution in [0.5, 0.6) is 5.75 Å². The Morgan fingerprint density at radius 3 is 2.23 bits per heavy atom. The first-order valence-corrected chi connectivity index (χ1v) is 11.5. The van der Waals surface area contributed by atoms with Gasteiger partial charge in [0.25, 0.3) is 11.8 Å². The first-order chi connectivity index (χ1) is 16.9. The number of fused-ring (bicyclic) bond motifs is 1. The molecule has 2 atom stereocenters. The molecule has 178 valence electrons. The minimum atomic E-state index is -0.482. The van der Waals surface area contributed by atoms with Crippen LogP contribution in [0.2, 0.25) is 0 Å². The summed E-state index contributed by atoms with van der Waals surface area (Å²) < 4.78 is 19.6. The molecule has 1 saturated heterocycles. The van der Waals surface area contributed by atoms with Gasteiger partial charge in [-0.3, -0.25) is 19.3 Å². The molecular formula is C28H25FN2O4. The number of ether oxygens (including phenoxy) is 1. The Bertz CT molecular complexity index is 1290. The number of carbonyl (C=O) groups excluding carboxylic acids is 3. The third-order valence-corrected chi connectivity index (χ3v) is 6.91. The van der Waals surface area contributed by atoms with Crippen LogP contribution in [-0.4, -0.2) is 41.2 Å². The van der Waals surface area contributed by atoms with Crippen LogP contribution in [0.15, 0.2) is 66.7 Å². The van der Waals surface area contributed by atoms with Gasteiger partial charge in [-0.2, -0.15) is 0 Å². The summed E-state index contributed by atoms with van der Waals surface area (Å²) in [7, 11) is 1.59. The molecule has 0 aliphatic carbocycles. The van der Waals surface area contributed by atoms with Gasteiger partial charge in [-0.15, -0.1) is 0 Å². The first-order valence-electron chi connectivity index (χ1n) is 11.5. The standard InChI is InChI=1S/C28H25FN2O4/c1-17-7-10-20(29)14-24(17)26-19(16-31-27(33)22-5-3-4-6-23(22)28(31)34)13-25(32)30(26)15-18-8-11-21(35-2)12-9-18/h3-12,14,19,26H,13,15-16H2,1-2H3/t19-,26+/m0/s1. The van der Waals surface area contributed by atoms with Gasteiger partial charge in [0.2, 0.25) is 5.91 Å². The Balaban J connectivity index is 1.49. The molecular weight excluding hydrogens is 447 g/mol. The number of methoxy groups -OCH3 is 1. The van der Waals surface area contributed by atoms with Crippen molar-refractivity contribution in [3.8, 4) is 5.75 Å². The summed E-state index contributed by atoms with van der Waals surface area (Å²) in [5, 5.41) is 0. The van der Waals surface area contributed by atoms with E-state index in [4.69, 9.17) is 4.74 Å². The lowest BCUT2D eigenvalue weighted by molar-refractivity contribution is -0.129. The van der Waals surface area contributed by atoms with Gasteiger partial charge < -0.3 is 9.64 Å². The van der Waals surface area contributed by atoms with Gasteiger partial charge in [0, 0.05) is 25.4 Å². The van der Waals surface area contributed by atoms with Crippen molar-refractivity contribution in [2.24, 2.45) is 5.92 Å². The van der Waals surface area contributed by atoms with Crippen molar-refractivity contribution < 1.29 is 23.5 Å². The third kappa shape index (κ3) is 4.07. The average Bonchev–Trinajstić information content (AvgIpc) is 3.29. The Hall–Kier alpha value is -4.00. The van der Waals surface area contributed by atoms with Crippen LogP contribution in [0.4, 0.5) is 4.39 Å². The highest BCUT2D eigenvalue weighted by molar-refractivity contribution is 6.21. The fourth-order valence-electron chi connectivity index (χ4n) is 5.13. The molecule has 2 aliphatic heterocycles. The van der Waals surface area contributed by atoms with Crippen LogP contribution in [0.1, 0.15) is 49.9 Å². The van der Waals surface area contributed by atoms with Crippen LogP contribution in [-0.2, 0) is 11.3 Å². The molecule has 0 saturated carbocycles. The predicted molar refractivity (Wildman–Crippen MR) is 127 cm³/mol. The fraction of sp³-hybridized carbons (Fsp3) is 0.250. The highest BCUT2D eigenvalue weighted by Gasteiger charge is 2.45. The number of amides is 3. The number of imide groups is 1. The molecule has 7 heteroatoms. The average molecular weight is 473 g/mol. The Labute approximate surface area is 202 Å². The molecule has 0 unspecified atom stereocenters. The van der Waals surface area contributed by atoms with Crippen molar-refractivity contribution in [2.45, 2.75) is 25.9 Å². The summed E-state index contributed by atoms with van der Waals surface area (Å²) in [5.74, 6) is -0.876. The minimum Gasteiger partial charge on any atom is -0.497 e. The van der Waals surface area contributed by atoms with E-state index in [1.807, 2.05) is 31.2 Å².